The lowest BCUT2D eigenvalue weighted by Crippen LogP contribution is -2.19. The Bertz CT molecular complexity index is 525. The summed E-state index contributed by atoms with van der Waals surface area (Å²) in [4.78, 5) is 4.38. The Labute approximate surface area is 116 Å². The number of aryl methyl sites for hydroxylation is 1. The number of hydrogen-bond donors (Lipinski definition) is 1. The first kappa shape index (κ1) is 13.2. The van der Waals surface area contributed by atoms with E-state index in [1.165, 1.54) is 5.56 Å². The smallest absolute Gasteiger partial charge is 0.0450 e. The summed E-state index contributed by atoms with van der Waals surface area (Å²) in [5, 5.41) is 0. The third kappa shape index (κ3) is 2.79. The highest BCUT2D eigenvalue weighted by atomic mass is 79.9. The van der Waals surface area contributed by atoms with Gasteiger partial charge in [0.25, 0.3) is 0 Å². The molecule has 0 aliphatic rings. The maximum Gasteiger partial charge on any atom is 0.0450 e. The molecular weight excluding hydrogens is 288 g/mol. The predicted octanol–water partition coefficient (Wildman–Crippen LogP) is 3.96. The quantitative estimate of drug-likeness (QED) is 0.932. The lowest BCUT2D eigenvalue weighted by atomic mass is 9.92. The fourth-order valence-corrected chi connectivity index (χ4v) is 2.76. The van der Waals surface area contributed by atoms with E-state index in [1.54, 1.807) is 0 Å². The maximum absolute atomic E-state index is 6.35. The predicted molar refractivity (Wildman–Crippen MR) is 78.5 cm³/mol. The summed E-state index contributed by atoms with van der Waals surface area (Å²) in [7, 11) is 0. The van der Waals surface area contributed by atoms with Gasteiger partial charge in [-0.3, -0.25) is 4.98 Å². The van der Waals surface area contributed by atoms with E-state index in [-0.39, 0.29) is 12.0 Å². The lowest BCUT2D eigenvalue weighted by molar-refractivity contribution is 0.582. The minimum absolute atomic E-state index is 0.0603. The molecule has 0 bridgehead atoms. The molecule has 2 rings (SSSR count). The van der Waals surface area contributed by atoms with Crippen molar-refractivity contribution in [3.63, 3.8) is 0 Å². The molecule has 94 valence electrons. The molecule has 1 aromatic carbocycles. The van der Waals surface area contributed by atoms with Gasteiger partial charge in [-0.1, -0.05) is 41.1 Å². The minimum atomic E-state index is -0.0603. The summed E-state index contributed by atoms with van der Waals surface area (Å²) < 4.78 is 1.07. The summed E-state index contributed by atoms with van der Waals surface area (Å²) in [5.74, 6) is 0.185. The van der Waals surface area contributed by atoms with Gasteiger partial charge in [0.2, 0.25) is 0 Å². The molecule has 0 amide bonds. The molecular formula is C15H17BrN2. The maximum atomic E-state index is 6.35. The lowest BCUT2D eigenvalue weighted by Gasteiger charge is -2.21. The monoisotopic (exact) mass is 304 g/mol. The number of pyridine rings is 1. The largest absolute Gasteiger partial charge is 0.323 e. The third-order valence-corrected chi connectivity index (χ3v) is 3.89. The van der Waals surface area contributed by atoms with Crippen LogP contribution in [0.1, 0.15) is 35.7 Å². The standard InChI is InChI=1S/C15H17BrN2/c1-10-6-7-12(13(16)9-10)15(17)11(2)14-5-3-4-8-18-14/h3-9,11,15H,17H2,1-2H3. The Balaban J connectivity index is 2.28. The van der Waals surface area contributed by atoms with E-state index in [0.29, 0.717) is 0 Å². The zero-order valence-electron chi connectivity index (χ0n) is 10.6. The summed E-state index contributed by atoms with van der Waals surface area (Å²) >= 11 is 3.59. The van der Waals surface area contributed by atoms with Crippen molar-refractivity contribution in [2.75, 3.05) is 0 Å². The first-order chi connectivity index (χ1) is 8.59. The molecule has 1 heterocycles. The molecule has 0 spiro atoms. The van der Waals surface area contributed by atoms with E-state index < -0.39 is 0 Å². The second kappa shape index (κ2) is 5.63. The molecule has 2 nitrogen and oxygen atoms in total. The zero-order chi connectivity index (χ0) is 13.1. The summed E-state index contributed by atoms with van der Waals surface area (Å²) in [6, 6.07) is 12.1. The van der Waals surface area contributed by atoms with Crippen LogP contribution < -0.4 is 5.73 Å². The van der Waals surface area contributed by atoms with Crippen LogP contribution in [0.25, 0.3) is 0 Å². The third-order valence-electron chi connectivity index (χ3n) is 3.21. The number of nitrogens with zero attached hydrogens (tertiary/aromatic N) is 1. The fraction of sp³-hybridized carbons (Fsp3) is 0.267. The SMILES string of the molecule is Cc1ccc(C(N)C(C)c2ccccn2)c(Br)c1. The van der Waals surface area contributed by atoms with Crippen LogP contribution in [0.5, 0.6) is 0 Å². The Morgan fingerprint density at radius 1 is 1.22 bits per heavy atom. The van der Waals surface area contributed by atoms with E-state index in [4.69, 9.17) is 5.73 Å². The highest BCUT2D eigenvalue weighted by molar-refractivity contribution is 9.10. The molecule has 3 heteroatoms. The van der Waals surface area contributed by atoms with Crippen LogP contribution in [0.2, 0.25) is 0 Å². The van der Waals surface area contributed by atoms with Crippen LogP contribution in [0.4, 0.5) is 0 Å². The summed E-state index contributed by atoms with van der Waals surface area (Å²) in [6.45, 7) is 4.18. The van der Waals surface area contributed by atoms with E-state index in [0.717, 1.165) is 15.7 Å². The Morgan fingerprint density at radius 3 is 2.61 bits per heavy atom. The molecule has 2 aromatic rings. The van der Waals surface area contributed by atoms with Gasteiger partial charge in [0.15, 0.2) is 0 Å². The molecule has 0 saturated carbocycles. The number of rotatable bonds is 3. The van der Waals surface area contributed by atoms with E-state index in [9.17, 15) is 0 Å². The Kier molecular flexibility index (Phi) is 4.15. The highest BCUT2D eigenvalue weighted by Gasteiger charge is 2.19. The van der Waals surface area contributed by atoms with Crippen molar-refractivity contribution in [2.45, 2.75) is 25.8 Å². The van der Waals surface area contributed by atoms with Crippen LogP contribution in [0.3, 0.4) is 0 Å². The van der Waals surface area contributed by atoms with E-state index in [2.05, 4.69) is 53.0 Å². The van der Waals surface area contributed by atoms with Crippen molar-refractivity contribution < 1.29 is 0 Å². The number of hydrogen-bond acceptors (Lipinski definition) is 2. The van der Waals surface area contributed by atoms with Gasteiger partial charge in [0.1, 0.15) is 0 Å². The van der Waals surface area contributed by atoms with Crippen LogP contribution in [-0.2, 0) is 0 Å². The fourth-order valence-electron chi connectivity index (χ4n) is 2.00. The molecule has 2 atom stereocenters. The minimum Gasteiger partial charge on any atom is -0.323 e. The van der Waals surface area contributed by atoms with Crippen molar-refractivity contribution in [2.24, 2.45) is 5.73 Å². The van der Waals surface area contributed by atoms with Gasteiger partial charge < -0.3 is 5.73 Å². The number of aromatic nitrogens is 1. The van der Waals surface area contributed by atoms with Crippen LogP contribution in [0, 0.1) is 6.92 Å². The summed E-state index contributed by atoms with van der Waals surface area (Å²) in [6.07, 6.45) is 1.81. The van der Waals surface area contributed by atoms with Crippen molar-refractivity contribution in [1.29, 1.82) is 0 Å². The van der Waals surface area contributed by atoms with Gasteiger partial charge in [-0.15, -0.1) is 0 Å². The second-order valence-corrected chi connectivity index (χ2v) is 5.45. The Hall–Kier alpha value is -1.19. The highest BCUT2D eigenvalue weighted by Crippen LogP contribution is 2.32. The molecule has 0 aliphatic heterocycles. The van der Waals surface area contributed by atoms with Crippen LogP contribution in [0.15, 0.2) is 47.1 Å². The van der Waals surface area contributed by atoms with Gasteiger partial charge in [0.05, 0.1) is 0 Å². The van der Waals surface area contributed by atoms with Crippen molar-refractivity contribution in [1.82, 2.24) is 4.98 Å². The molecule has 0 radical (unpaired) electrons. The summed E-state index contributed by atoms with van der Waals surface area (Å²) in [5.41, 5.74) is 9.73. The van der Waals surface area contributed by atoms with Crippen molar-refractivity contribution in [3.8, 4) is 0 Å². The molecule has 1 aromatic heterocycles. The first-order valence-corrected chi connectivity index (χ1v) is 6.81. The number of halogens is 1. The van der Waals surface area contributed by atoms with Crippen molar-refractivity contribution in [3.05, 3.63) is 63.9 Å². The average molecular weight is 305 g/mol. The zero-order valence-corrected chi connectivity index (χ0v) is 12.2. The topological polar surface area (TPSA) is 38.9 Å². The molecule has 0 fully saturated rings. The first-order valence-electron chi connectivity index (χ1n) is 6.02. The normalized spacial score (nSPS) is 14.2. The van der Waals surface area contributed by atoms with Gasteiger partial charge in [-0.05, 0) is 36.2 Å². The van der Waals surface area contributed by atoms with Gasteiger partial charge >= 0.3 is 0 Å². The van der Waals surface area contributed by atoms with Crippen LogP contribution >= 0.6 is 15.9 Å². The van der Waals surface area contributed by atoms with Gasteiger partial charge in [-0.25, -0.2) is 0 Å². The average Bonchev–Trinajstić information content (AvgIpc) is 2.38. The Morgan fingerprint density at radius 2 is 2.00 bits per heavy atom. The molecule has 2 unspecified atom stereocenters. The second-order valence-electron chi connectivity index (χ2n) is 4.59. The van der Waals surface area contributed by atoms with Crippen LogP contribution in [-0.4, -0.2) is 4.98 Å². The van der Waals surface area contributed by atoms with Gasteiger partial charge in [-0.2, -0.15) is 0 Å². The molecule has 18 heavy (non-hydrogen) atoms. The molecule has 2 N–H and O–H groups in total. The molecule has 0 saturated heterocycles. The number of benzene rings is 1. The van der Waals surface area contributed by atoms with Gasteiger partial charge in [0, 0.05) is 28.3 Å². The van der Waals surface area contributed by atoms with E-state index in [1.807, 2.05) is 24.4 Å². The van der Waals surface area contributed by atoms with Crippen molar-refractivity contribution >= 4 is 15.9 Å². The van der Waals surface area contributed by atoms with E-state index >= 15 is 0 Å². The molecule has 0 aliphatic carbocycles. The number of nitrogens with two attached hydrogens (primary N) is 1.